The number of hydrogen-bond donors (Lipinski definition) is 2. The minimum Gasteiger partial charge on any atom is -0.462 e. The SMILES string of the molecule is CCOC(=O)c1cccc(N)c1NC(C)CC(C)CC. The molecular weight excluding hydrogens is 252 g/mol. The number of ether oxygens (including phenoxy) is 1. The lowest BCUT2D eigenvalue weighted by Crippen LogP contribution is -2.21. The van der Waals surface area contributed by atoms with Crippen molar-refractivity contribution in [3.8, 4) is 0 Å². The highest BCUT2D eigenvalue weighted by atomic mass is 16.5. The number of benzene rings is 1. The number of carbonyl (C=O) groups excluding carboxylic acids is 1. The highest BCUT2D eigenvalue weighted by Crippen LogP contribution is 2.26. The summed E-state index contributed by atoms with van der Waals surface area (Å²) in [6.45, 7) is 8.66. The molecule has 0 aliphatic carbocycles. The summed E-state index contributed by atoms with van der Waals surface area (Å²) < 4.78 is 5.07. The molecule has 0 aliphatic heterocycles. The van der Waals surface area contributed by atoms with Crippen molar-refractivity contribution in [1.82, 2.24) is 0 Å². The summed E-state index contributed by atoms with van der Waals surface area (Å²) in [7, 11) is 0. The van der Waals surface area contributed by atoms with Crippen molar-refractivity contribution in [3.63, 3.8) is 0 Å². The van der Waals surface area contributed by atoms with Crippen molar-refractivity contribution in [3.05, 3.63) is 23.8 Å². The minimum absolute atomic E-state index is 0.253. The number of para-hydroxylation sites is 1. The molecule has 0 aromatic heterocycles. The van der Waals surface area contributed by atoms with Crippen LogP contribution in [0.5, 0.6) is 0 Å². The molecule has 0 spiro atoms. The second-order valence-corrected chi connectivity index (χ2v) is 5.28. The van der Waals surface area contributed by atoms with E-state index in [1.165, 1.54) is 0 Å². The summed E-state index contributed by atoms with van der Waals surface area (Å²) in [5.74, 6) is 0.298. The van der Waals surface area contributed by atoms with Crippen molar-refractivity contribution < 1.29 is 9.53 Å². The maximum absolute atomic E-state index is 12.0. The van der Waals surface area contributed by atoms with Gasteiger partial charge in [0.2, 0.25) is 0 Å². The Kier molecular flexibility index (Phi) is 6.36. The van der Waals surface area contributed by atoms with E-state index in [0.717, 1.165) is 12.8 Å². The molecule has 0 saturated carbocycles. The third kappa shape index (κ3) is 4.44. The molecule has 3 N–H and O–H groups in total. The number of hydrogen-bond acceptors (Lipinski definition) is 4. The topological polar surface area (TPSA) is 64.3 Å². The van der Waals surface area contributed by atoms with Gasteiger partial charge in [-0.25, -0.2) is 4.79 Å². The summed E-state index contributed by atoms with van der Waals surface area (Å²) in [6.07, 6.45) is 2.17. The average molecular weight is 278 g/mol. The molecule has 0 amide bonds. The van der Waals surface area contributed by atoms with Crippen molar-refractivity contribution in [1.29, 1.82) is 0 Å². The molecular formula is C16H26N2O2. The zero-order chi connectivity index (χ0) is 15.1. The van der Waals surface area contributed by atoms with Gasteiger partial charge in [0.25, 0.3) is 0 Å². The highest BCUT2D eigenvalue weighted by Gasteiger charge is 2.17. The van der Waals surface area contributed by atoms with Gasteiger partial charge in [0.05, 0.1) is 23.5 Å². The van der Waals surface area contributed by atoms with Gasteiger partial charge in [0.15, 0.2) is 0 Å². The van der Waals surface area contributed by atoms with E-state index in [0.29, 0.717) is 29.5 Å². The van der Waals surface area contributed by atoms with E-state index in [4.69, 9.17) is 10.5 Å². The Morgan fingerprint density at radius 1 is 1.35 bits per heavy atom. The van der Waals surface area contributed by atoms with Crippen LogP contribution in [0.1, 0.15) is 50.9 Å². The van der Waals surface area contributed by atoms with E-state index in [1.54, 1.807) is 25.1 Å². The molecule has 1 aromatic rings. The van der Waals surface area contributed by atoms with Crippen LogP contribution in [-0.4, -0.2) is 18.6 Å². The van der Waals surface area contributed by atoms with E-state index in [-0.39, 0.29) is 12.0 Å². The monoisotopic (exact) mass is 278 g/mol. The molecule has 0 fully saturated rings. The van der Waals surface area contributed by atoms with Crippen molar-refractivity contribution in [2.75, 3.05) is 17.7 Å². The first kappa shape index (κ1) is 16.3. The lowest BCUT2D eigenvalue weighted by Gasteiger charge is -2.21. The second kappa shape index (κ2) is 7.78. The largest absolute Gasteiger partial charge is 0.462 e. The van der Waals surface area contributed by atoms with Crippen LogP contribution in [0.4, 0.5) is 11.4 Å². The van der Waals surface area contributed by atoms with Crippen molar-refractivity contribution >= 4 is 17.3 Å². The fourth-order valence-corrected chi connectivity index (χ4v) is 2.19. The number of nitrogens with two attached hydrogens (primary N) is 1. The highest BCUT2D eigenvalue weighted by molar-refractivity contribution is 5.98. The van der Waals surface area contributed by atoms with Gasteiger partial charge in [-0.15, -0.1) is 0 Å². The van der Waals surface area contributed by atoms with Crippen LogP contribution >= 0.6 is 0 Å². The Labute approximate surface area is 121 Å². The summed E-state index contributed by atoms with van der Waals surface area (Å²) in [5.41, 5.74) is 7.76. The molecule has 0 aliphatic rings. The van der Waals surface area contributed by atoms with Crippen LogP contribution in [0.15, 0.2) is 18.2 Å². The standard InChI is InChI=1S/C16H26N2O2/c1-5-11(3)10-12(4)18-15-13(16(19)20-6-2)8-7-9-14(15)17/h7-9,11-12,18H,5-6,10,17H2,1-4H3. The maximum atomic E-state index is 12.0. The Morgan fingerprint density at radius 3 is 2.65 bits per heavy atom. The Morgan fingerprint density at radius 2 is 2.05 bits per heavy atom. The average Bonchev–Trinajstić information content (AvgIpc) is 2.41. The van der Waals surface area contributed by atoms with Crippen LogP contribution in [-0.2, 0) is 4.74 Å². The number of rotatable bonds is 7. The molecule has 2 atom stereocenters. The third-order valence-corrected chi connectivity index (χ3v) is 3.44. The van der Waals surface area contributed by atoms with Crippen molar-refractivity contribution in [2.24, 2.45) is 5.92 Å². The van der Waals surface area contributed by atoms with Gasteiger partial charge in [0.1, 0.15) is 0 Å². The fourth-order valence-electron chi connectivity index (χ4n) is 2.19. The molecule has 1 rings (SSSR count). The first-order valence-electron chi connectivity index (χ1n) is 7.31. The smallest absolute Gasteiger partial charge is 0.340 e. The van der Waals surface area contributed by atoms with Crippen LogP contribution in [0.25, 0.3) is 0 Å². The molecule has 20 heavy (non-hydrogen) atoms. The van der Waals surface area contributed by atoms with E-state index >= 15 is 0 Å². The van der Waals surface area contributed by atoms with Crippen LogP contribution in [0.3, 0.4) is 0 Å². The molecule has 0 radical (unpaired) electrons. The van der Waals surface area contributed by atoms with E-state index in [1.807, 2.05) is 0 Å². The van der Waals surface area contributed by atoms with Gasteiger partial charge in [-0.05, 0) is 38.3 Å². The van der Waals surface area contributed by atoms with E-state index in [9.17, 15) is 4.79 Å². The first-order chi connectivity index (χ1) is 9.49. The molecule has 1 aromatic carbocycles. The van der Waals surface area contributed by atoms with Gasteiger partial charge in [0, 0.05) is 6.04 Å². The van der Waals surface area contributed by atoms with Gasteiger partial charge >= 0.3 is 5.97 Å². The maximum Gasteiger partial charge on any atom is 0.340 e. The molecule has 2 unspecified atom stereocenters. The predicted molar refractivity (Wildman–Crippen MR) is 84.0 cm³/mol. The summed E-state index contributed by atoms with van der Waals surface area (Å²) in [6, 6.07) is 5.56. The molecule has 4 nitrogen and oxygen atoms in total. The fraction of sp³-hybridized carbons (Fsp3) is 0.562. The van der Waals surface area contributed by atoms with E-state index < -0.39 is 0 Å². The number of anilines is 2. The predicted octanol–water partition coefficient (Wildman–Crippen LogP) is 3.68. The zero-order valence-electron chi connectivity index (χ0n) is 12.9. The zero-order valence-corrected chi connectivity index (χ0v) is 12.9. The van der Waals surface area contributed by atoms with Crippen LogP contribution in [0.2, 0.25) is 0 Å². The lowest BCUT2D eigenvalue weighted by molar-refractivity contribution is 0.0527. The molecule has 0 heterocycles. The lowest BCUT2D eigenvalue weighted by atomic mass is 9.99. The molecule has 4 heteroatoms. The number of carbonyl (C=O) groups is 1. The quantitative estimate of drug-likeness (QED) is 0.590. The summed E-state index contributed by atoms with van der Waals surface area (Å²) in [5, 5.41) is 3.36. The van der Waals surface area contributed by atoms with E-state index in [2.05, 4.69) is 26.1 Å². The molecule has 0 saturated heterocycles. The third-order valence-electron chi connectivity index (χ3n) is 3.44. The van der Waals surface area contributed by atoms with Gasteiger partial charge < -0.3 is 15.8 Å². The number of esters is 1. The Balaban J connectivity index is 2.90. The second-order valence-electron chi connectivity index (χ2n) is 5.28. The Bertz CT molecular complexity index is 446. The van der Waals surface area contributed by atoms with Gasteiger partial charge in [-0.2, -0.15) is 0 Å². The summed E-state index contributed by atoms with van der Waals surface area (Å²) >= 11 is 0. The van der Waals surface area contributed by atoms with Crippen LogP contribution < -0.4 is 11.1 Å². The molecule has 0 bridgehead atoms. The molecule has 112 valence electrons. The van der Waals surface area contributed by atoms with Gasteiger partial charge in [-0.1, -0.05) is 26.3 Å². The van der Waals surface area contributed by atoms with Gasteiger partial charge in [-0.3, -0.25) is 0 Å². The number of nitrogen functional groups attached to an aromatic ring is 1. The summed E-state index contributed by atoms with van der Waals surface area (Å²) in [4.78, 5) is 12.0. The normalized spacial score (nSPS) is 13.6. The van der Waals surface area contributed by atoms with Crippen LogP contribution in [0, 0.1) is 5.92 Å². The minimum atomic E-state index is -0.335. The first-order valence-corrected chi connectivity index (χ1v) is 7.31. The number of nitrogens with one attached hydrogen (secondary N) is 1. The van der Waals surface area contributed by atoms with Crippen molar-refractivity contribution in [2.45, 2.75) is 46.6 Å². The Hall–Kier alpha value is -1.71.